The second-order valence-corrected chi connectivity index (χ2v) is 5.90. The van der Waals surface area contributed by atoms with Crippen LogP contribution in [-0.4, -0.2) is 43.2 Å². The summed E-state index contributed by atoms with van der Waals surface area (Å²) in [5, 5.41) is 14.0. The van der Waals surface area contributed by atoms with E-state index < -0.39 is 0 Å². The molecular formula is C15H22N4O. The quantitative estimate of drug-likeness (QED) is 0.932. The Morgan fingerprint density at radius 1 is 1.35 bits per heavy atom. The molecule has 1 unspecified atom stereocenters. The van der Waals surface area contributed by atoms with Crippen LogP contribution in [0.3, 0.4) is 0 Å². The third kappa shape index (κ3) is 2.63. The largest absolute Gasteiger partial charge is 0.506 e. The molecule has 0 saturated carbocycles. The Bertz CT molecular complexity index is 593. The van der Waals surface area contributed by atoms with Gasteiger partial charge in [-0.05, 0) is 45.4 Å². The van der Waals surface area contributed by atoms with E-state index in [1.165, 1.54) is 25.8 Å². The van der Waals surface area contributed by atoms with Gasteiger partial charge in [-0.1, -0.05) is 6.42 Å². The molecule has 1 N–H and O–H groups in total. The summed E-state index contributed by atoms with van der Waals surface area (Å²) in [6.45, 7) is 5.69. The predicted molar refractivity (Wildman–Crippen MR) is 77.8 cm³/mol. The Balaban J connectivity index is 1.80. The lowest BCUT2D eigenvalue weighted by atomic mass is 9.97. The number of nitrogens with zero attached hydrogens (tertiary/aromatic N) is 4. The van der Waals surface area contributed by atoms with Crippen molar-refractivity contribution in [1.29, 1.82) is 0 Å². The zero-order valence-corrected chi connectivity index (χ0v) is 12.2. The first-order chi connectivity index (χ1) is 9.63. The third-order valence-corrected chi connectivity index (χ3v) is 4.11. The highest BCUT2D eigenvalue weighted by molar-refractivity contribution is 5.40. The molecule has 0 amide bonds. The monoisotopic (exact) mass is 274 g/mol. The number of hydrogen-bond acceptors (Lipinski definition) is 4. The summed E-state index contributed by atoms with van der Waals surface area (Å²) >= 11 is 0. The smallest absolute Gasteiger partial charge is 0.155 e. The first-order valence-electron chi connectivity index (χ1n) is 7.43. The Labute approximate surface area is 119 Å². The van der Waals surface area contributed by atoms with E-state index in [-0.39, 0.29) is 5.75 Å². The summed E-state index contributed by atoms with van der Waals surface area (Å²) in [5.41, 5.74) is 0.796. The highest BCUT2D eigenvalue weighted by Gasteiger charge is 2.25. The first-order valence-corrected chi connectivity index (χ1v) is 7.43. The van der Waals surface area contributed by atoms with Gasteiger partial charge in [-0.3, -0.25) is 4.90 Å². The number of aromatic hydroxyl groups is 1. The van der Waals surface area contributed by atoms with Crippen molar-refractivity contribution in [3.05, 3.63) is 24.2 Å². The molecular weight excluding hydrogens is 252 g/mol. The van der Waals surface area contributed by atoms with Crippen LogP contribution in [0, 0.1) is 0 Å². The van der Waals surface area contributed by atoms with Gasteiger partial charge in [0.15, 0.2) is 11.5 Å². The minimum atomic E-state index is 0.218. The van der Waals surface area contributed by atoms with Gasteiger partial charge < -0.3 is 5.11 Å². The Kier molecular flexibility index (Phi) is 3.61. The molecule has 2 aromatic heterocycles. The van der Waals surface area contributed by atoms with Gasteiger partial charge in [-0.25, -0.2) is 9.50 Å². The fourth-order valence-corrected chi connectivity index (χ4v) is 3.14. The number of rotatable bonds is 3. The number of aromatic nitrogens is 3. The molecule has 1 fully saturated rings. The average Bonchev–Trinajstić information content (AvgIpc) is 2.80. The molecule has 0 spiro atoms. The van der Waals surface area contributed by atoms with Gasteiger partial charge >= 0.3 is 0 Å². The molecule has 0 radical (unpaired) electrons. The Morgan fingerprint density at radius 2 is 2.20 bits per heavy atom. The van der Waals surface area contributed by atoms with Gasteiger partial charge in [0.05, 0.1) is 6.20 Å². The number of piperidine rings is 1. The minimum Gasteiger partial charge on any atom is -0.506 e. The highest BCUT2D eigenvalue weighted by Crippen LogP contribution is 2.22. The third-order valence-electron chi connectivity index (χ3n) is 4.11. The van der Waals surface area contributed by atoms with Crippen molar-refractivity contribution >= 4 is 5.65 Å². The predicted octanol–water partition coefficient (Wildman–Crippen LogP) is 2.24. The van der Waals surface area contributed by atoms with Crippen molar-refractivity contribution in [2.75, 3.05) is 6.54 Å². The molecule has 1 aliphatic heterocycles. The van der Waals surface area contributed by atoms with Crippen LogP contribution in [0.25, 0.3) is 5.65 Å². The fraction of sp³-hybridized carbons (Fsp3) is 0.600. The van der Waals surface area contributed by atoms with Gasteiger partial charge in [-0.15, -0.1) is 0 Å². The summed E-state index contributed by atoms with van der Waals surface area (Å²) in [6, 6.07) is 4.55. The van der Waals surface area contributed by atoms with Gasteiger partial charge in [0.1, 0.15) is 5.75 Å². The van der Waals surface area contributed by atoms with Crippen LogP contribution in [-0.2, 0) is 6.42 Å². The summed E-state index contributed by atoms with van der Waals surface area (Å²) in [5.74, 6) is 1.09. The Hall–Kier alpha value is -1.62. The molecule has 1 saturated heterocycles. The molecule has 0 aromatic carbocycles. The topological polar surface area (TPSA) is 53.7 Å². The van der Waals surface area contributed by atoms with E-state index in [4.69, 9.17) is 0 Å². The van der Waals surface area contributed by atoms with Crippen LogP contribution < -0.4 is 0 Å². The van der Waals surface area contributed by atoms with E-state index in [0.717, 1.165) is 17.9 Å². The van der Waals surface area contributed by atoms with Crippen molar-refractivity contribution < 1.29 is 5.11 Å². The molecule has 1 aliphatic rings. The van der Waals surface area contributed by atoms with Crippen molar-refractivity contribution in [2.24, 2.45) is 0 Å². The lowest BCUT2D eigenvalue weighted by molar-refractivity contribution is 0.110. The van der Waals surface area contributed by atoms with E-state index in [2.05, 4.69) is 28.8 Å². The van der Waals surface area contributed by atoms with Gasteiger partial charge in [0.2, 0.25) is 0 Å². The lowest BCUT2D eigenvalue weighted by Crippen LogP contribution is -2.45. The van der Waals surface area contributed by atoms with Crippen molar-refractivity contribution in [3.8, 4) is 5.75 Å². The maximum absolute atomic E-state index is 9.48. The van der Waals surface area contributed by atoms with Crippen LogP contribution in [0.5, 0.6) is 5.75 Å². The molecule has 108 valence electrons. The van der Waals surface area contributed by atoms with E-state index >= 15 is 0 Å². The van der Waals surface area contributed by atoms with E-state index in [9.17, 15) is 5.11 Å². The van der Waals surface area contributed by atoms with Crippen LogP contribution in [0.4, 0.5) is 0 Å². The molecule has 5 heteroatoms. The first kappa shape index (κ1) is 13.4. The van der Waals surface area contributed by atoms with Gasteiger partial charge in [0.25, 0.3) is 0 Å². The number of hydrogen-bond donors (Lipinski definition) is 1. The van der Waals surface area contributed by atoms with Crippen LogP contribution in [0.2, 0.25) is 0 Å². The molecule has 1 atom stereocenters. The molecule has 20 heavy (non-hydrogen) atoms. The second kappa shape index (κ2) is 5.40. The van der Waals surface area contributed by atoms with Crippen molar-refractivity contribution in [2.45, 2.75) is 51.6 Å². The SMILES string of the molecule is CC(C)N1CCCCC1Cc1nc2ccc(O)cn2n1. The van der Waals surface area contributed by atoms with Crippen LogP contribution in [0.15, 0.2) is 18.3 Å². The van der Waals surface area contributed by atoms with Crippen molar-refractivity contribution in [1.82, 2.24) is 19.5 Å². The van der Waals surface area contributed by atoms with Crippen LogP contribution >= 0.6 is 0 Å². The van der Waals surface area contributed by atoms with E-state index in [0.29, 0.717) is 12.1 Å². The van der Waals surface area contributed by atoms with E-state index in [1.54, 1.807) is 22.8 Å². The molecule has 3 rings (SSSR count). The molecule has 3 heterocycles. The van der Waals surface area contributed by atoms with Crippen LogP contribution in [0.1, 0.15) is 38.9 Å². The summed E-state index contributed by atoms with van der Waals surface area (Å²) in [4.78, 5) is 7.12. The molecule has 2 aromatic rings. The van der Waals surface area contributed by atoms with E-state index in [1.807, 2.05) is 0 Å². The number of fused-ring (bicyclic) bond motifs is 1. The van der Waals surface area contributed by atoms with Gasteiger partial charge in [0, 0.05) is 18.5 Å². The Morgan fingerprint density at radius 3 is 3.00 bits per heavy atom. The number of pyridine rings is 1. The summed E-state index contributed by atoms with van der Waals surface area (Å²) in [6.07, 6.45) is 6.30. The van der Waals surface area contributed by atoms with Crippen molar-refractivity contribution in [3.63, 3.8) is 0 Å². The standard InChI is InChI=1S/C15H22N4O/c1-11(2)18-8-4-3-5-12(18)9-14-16-15-7-6-13(20)10-19(15)17-14/h6-7,10-12,20H,3-5,8-9H2,1-2H3. The summed E-state index contributed by atoms with van der Waals surface area (Å²) in [7, 11) is 0. The zero-order valence-electron chi connectivity index (χ0n) is 12.2. The second-order valence-electron chi connectivity index (χ2n) is 5.90. The minimum absolute atomic E-state index is 0.218. The zero-order chi connectivity index (χ0) is 14.1. The van der Waals surface area contributed by atoms with Gasteiger partial charge in [-0.2, -0.15) is 5.10 Å². The highest BCUT2D eigenvalue weighted by atomic mass is 16.3. The fourth-order valence-electron chi connectivity index (χ4n) is 3.14. The molecule has 0 aliphatic carbocycles. The summed E-state index contributed by atoms with van der Waals surface area (Å²) < 4.78 is 1.66. The average molecular weight is 274 g/mol. The lowest BCUT2D eigenvalue weighted by Gasteiger charge is -2.38. The normalized spacial score (nSPS) is 20.9. The molecule has 0 bridgehead atoms. The maximum atomic E-state index is 9.48. The molecule has 5 nitrogen and oxygen atoms in total. The maximum Gasteiger partial charge on any atom is 0.155 e. The number of likely N-dealkylation sites (tertiary alicyclic amines) is 1.